The number of hydrogen-bond donors (Lipinski definition) is 4. The first-order chi connectivity index (χ1) is 25.4. The average molecular weight is 751 g/mol. The molecule has 4 N–H and O–H groups in total. The van der Waals surface area contributed by atoms with E-state index in [9.17, 15) is 44.1 Å². The lowest BCUT2D eigenvalue weighted by Gasteiger charge is -2.63. The minimum atomic E-state index is -1.57. The molecule has 8 rings (SSSR count). The van der Waals surface area contributed by atoms with Crippen molar-refractivity contribution < 1.29 is 68.1 Å². The van der Waals surface area contributed by atoms with Gasteiger partial charge in [0.1, 0.15) is 30.5 Å². The molecule has 0 aromatic heterocycles. The molecule has 1 heterocycles. The van der Waals surface area contributed by atoms with E-state index in [1.807, 2.05) is 6.92 Å². The molecular weight excluding hydrogens is 704 g/mol. The second kappa shape index (κ2) is 11.9. The van der Waals surface area contributed by atoms with Gasteiger partial charge in [0.2, 0.25) is 0 Å². The Balaban J connectivity index is 1.32. The Bertz CT molecular complexity index is 1950. The van der Waals surface area contributed by atoms with Gasteiger partial charge in [-0.25, -0.2) is 14.4 Å². The Morgan fingerprint density at radius 1 is 0.981 bits per heavy atom. The van der Waals surface area contributed by atoms with E-state index in [4.69, 9.17) is 24.1 Å². The molecule has 290 valence electrons. The summed E-state index contributed by atoms with van der Waals surface area (Å²) >= 11 is 0. The summed E-state index contributed by atoms with van der Waals surface area (Å²) in [5.74, 6) is -7.39. The Morgan fingerprint density at radius 2 is 1.70 bits per heavy atom. The van der Waals surface area contributed by atoms with Gasteiger partial charge >= 0.3 is 29.8 Å². The molecule has 54 heavy (non-hydrogen) atoms. The van der Waals surface area contributed by atoms with Gasteiger partial charge < -0.3 is 39.4 Å². The van der Waals surface area contributed by atoms with E-state index >= 15 is 0 Å². The summed E-state index contributed by atoms with van der Waals surface area (Å²) in [4.78, 5) is 78.9. The maximum atomic E-state index is 14.6. The highest BCUT2D eigenvalue weighted by Gasteiger charge is 2.84. The van der Waals surface area contributed by atoms with Crippen LogP contribution in [0.5, 0.6) is 0 Å². The number of Topliss-reactive ketones (excluding diaryl/α,β-unsaturated/α-hetero) is 1. The number of hydrogen-bond acceptors (Lipinski definition) is 13. The summed E-state index contributed by atoms with van der Waals surface area (Å²) in [7, 11) is 1.20. The molecule has 12 unspecified atom stereocenters. The van der Waals surface area contributed by atoms with Crippen molar-refractivity contribution >= 4 is 35.6 Å². The van der Waals surface area contributed by atoms with Crippen molar-refractivity contribution in [3.8, 4) is 0 Å². The van der Waals surface area contributed by atoms with Crippen molar-refractivity contribution in [1.29, 1.82) is 0 Å². The van der Waals surface area contributed by atoms with Crippen LogP contribution >= 0.6 is 0 Å². The Morgan fingerprint density at radius 3 is 2.37 bits per heavy atom. The monoisotopic (exact) mass is 750 g/mol. The highest BCUT2D eigenvalue weighted by atomic mass is 16.6. The van der Waals surface area contributed by atoms with Gasteiger partial charge in [0, 0.05) is 34.5 Å². The summed E-state index contributed by atoms with van der Waals surface area (Å²) in [5, 5.41) is 43.0. The standard InChI is InChI=1S/C40H46O14/c1-16(13-41)8-29(45)53-15-39(50)24-11-23(24)37(3)25(39)12-22-20(14-52-28(44)7-6-27(42)43)36(49)54-40(22)26(37)10-19-18-9-21(18)38(4)31(19)32(40)30(33(46)34(38)47)17(2)35(48)51-5/h8,18,21,23-26,32,34,41,47,50H,6-7,9-15H2,1-5H3,(H,42,43). The summed E-state index contributed by atoms with van der Waals surface area (Å²) in [5.41, 5.74) is -2.19. The number of methoxy groups -OCH3 is 1. The summed E-state index contributed by atoms with van der Waals surface area (Å²) in [6.07, 6.45) is 0.661. The number of carboxylic acid groups (broad SMARTS) is 1. The fourth-order valence-electron chi connectivity index (χ4n) is 12.4. The number of allylic oxidation sites excluding steroid dienone is 1. The minimum absolute atomic E-state index is 0.00898. The van der Waals surface area contributed by atoms with E-state index in [2.05, 4.69) is 6.92 Å². The first-order valence-electron chi connectivity index (χ1n) is 18.7. The molecule has 0 radical (unpaired) electrons. The molecule has 14 heteroatoms. The fourth-order valence-corrected chi connectivity index (χ4v) is 12.4. The number of ether oxygens (including phenoxy) is 4. The van der Waals surface area contributed by atoms with Crippen LogP contribution in [-0.4, -0.2) is 100 Å². The normalized spacial score (nSPS) is 42.9. The predicted octanol–water partition coefficient (Wildman–Crippen LogP) is 1.90. The topological polar surface area (TPSA) is 220 Å². The molecule has 1 spiro atoms. The number of ketones is 1. The SMILES string of the molecule is COC(=O)C(C)=C1C(=O)C(O)C2(C)C3=C(CC4C5(OC(=O)C(COC(=O)CCC(=O)O)=C5CC5C(O)(COC(=O)C=C(C)CO)C6CC6C54C)C13)C1CC12. The Labute approximate surface area is 311 Å². The van der Waals surface area contributed by atoms with Crippen molar-refractivity contribution in [2.24, 2.45) is 52.3 Å². The molecule has 12 atom stereocenters. The van der Waals surface area contributed by atoms with Crippen molar-refractivity contribution in [3.05, 3.63) is 45.1 Å². The number of aliphatic carboxylic acids is 1. The molecule has 7 aliphatic carbocycles. The number of carbonyl (C=O) groups excluding carboxylic acids is 5. The van der Waals surface area contributed by atoms with Gasteiger partial charge in [0.05, 0.1) is 38.0 Å². The number of aliphatic hydroxyl groups is 3. The van der Waals surface area contributed by atoms with Gasteiger partial charge in [-0.3, -0.25) is 14.4 Å². The first-order valence-corrected chi connectivity index (χ1v) is 18.7. The minimum Gasteiger partial charge on any atom is -0.481 e. The van der Waals surface area contributed by atoms with Gasteiger partial charge in [0.25, 0.3) is 0 Å². The van der Waals surface area contributed by atoms with Crippen molar-refractivity contribution in [2.75, 3.05) is 26.9 Å². The number of esters is 4. The maximum Gasteiger partial charge on any atom is 0.338 e. The molecule has 0 amide bonds. The van der Waals surface area contributed by atoms with Gasteiger partial charge in [0.15, 0.2) is 5.78 Å². The molecular formula is C40H46O14. The smallest absolute Gasteiger partial charge is 0.338 e. The van der Waals surface area contributed by atoms with Crippen LogP contribution in [0.2, 0.25) is 0 Å². The van der Waals surface area contributed by atoms with Crippen LogP contribution in [0, 0.1) is 52.3 Å². The number of aliphatic hydroxyl groups excluding tert-OH is 2. The lowest BCUT2D eigenvalue weighted by molar-refractivity contribution is -0.191. The highest BCUT2D eigenvalue weighted by molar-refractivity contribution is 6.09. The zero-order valence-electron chi connectivity index (χ0n) is 30.9. The third-order valence-electron chi connectivity index (χ3n) is 14.9. The van der Waals surface area contributed by atoms with Gasteiger partial charge in [-0.05, 0) is 85.3 Å². The van der Waals surface area contributed by atoms with E-state index < -0.39 is 101 Å². The largest absolute Gasteiger partial charge is 0.481 e. The summed E-state index contributed by atoms with van der Waals surface area (Å²) < 4.78 is 22.9. The third-order valence-corrected chi connectivity index (χ3v) is 14.9. The van der Waals surface area contributed by atoms with Gasteiger partial charge in [-0.1, -0.05) is 19.4 Å². The Hall–Kier alpha value is -4.14. The van der Waals surface area contributed by atoms with E-state index in [0.717, 1.165) is 17.6 Å². The molecule has 0 bridgehead atoms. The van der Waals surface area contributed by atoms with Crippen molar-refractivity contribution in [3.63, 3.8) is 0 Å². The summed E-state index contributed by atoms with van der Waals surface area (Å²) in [6, 6.07) is 0. The quantitative estimate of drug-likeness (QED) is 0.109. The van der Waals surface area contributed by atoms with Crippen molar-refractivity contribution in [1.82, 2.24) is 0 Å². The van der Waals surface area contributed by atoms with E-state index in [-0.39, 0.29) is 60.0 Å². The first kappa shape index (κ1) is 36.8. The number of rotatable bonds is 10. The molecule has 5 saturated carbocycles. The molecule has 0 saturated heterocycles. The number of carboxylic acids is 1. The second-order valence-corrected chi connectivity index (χ2v) is 17.2. The second-order valence-electron chi connectivity index (χ2n) is 17.2. The van der Waals surface area contributed by atoms with Gasteiger partial charge in [-0.15, -0.1) is 0 Å². The predicted molar refractivity (Wildman–Crippen MR) is 182 cm³/mol. The highest BCUT2D eigenvalue weighted by Crippen LogP contribution is 2.83. The van der Waals surface area contributed by atoms with Crippen LogP contribution in [-0.2, 0) is 47.7 Å². The van der Waals surface area contributed by atoms with E-state index in [1.54, 1.807) is 6.92 Å². The Kier molecular flexibility index (Phi) is 8.13. The zero-order chi connectivity index (χ0) is 39.0. The lowest BCUT2D eigenvalue weighted by Crippen LogP contribution is -2.67. The third kappa shape index (κ3) is 4.62. The van der Waals surface area contributed by atoms with Crippen molar-refractivity contribution in [2.45, 2.75) is 83.5 Å². The maximum absolute atomic E-state index is 14.6. The molecule has 1 aliphatic heterocycles. The van der Waals surface area contributed by atoms with Crippen LogP contribution in [0.15, 0.2) is 45.1 Å². The number of fused-ring (bicyclic) bond motifs is 7. The van der Waals surface area contributed by atoms with Crippen LogP contribution in [0.4, 0.5) is 0 Å². The van der Waals surface area contributed by atoms with Crippen LogP contribution in [0.1, 0.15) is 66.2 Å². The molecule has 0 aromatic rings. The van der Waals surface area contributed by atoms with E-state index in [0.29, 0.717) is 24.0 Å². The molecule has 5 fully saturated rings. The van der Waals surface area contributed by atoms with Crippen LogP contribution in [0.3, 0.4) is 0 Å². The fraction of sp³-hybridized carbons (Fsp3) is 0.650. The van der Waals surface area contributed by atoms with Crippen LogP contribution < -0.4 is 0 Å². The molecule has 14 nitrogen and oxygen atoms in total. The van der Waals surface area contributed by atoms with E-state index in [1.165, 1.54) is 20.1 Å². The lowest BCUT2D eigenvalue weighted by atomic mass is 9.42. The molecule has 0 aromatic carbocycles. The number of carbonyl (C=O) groups is 6. The zero-order valence-corrected chi connectivity index (χ0v) is 30.9. The van der Waals surface area contributed by atoms with Crippen LogP contribution in [0.25, 0.3) is 0 Å². The average Bonchev–Trinajstić information content (AvgIpc) is 4.05. The molecule has 8 aliphatic rings. The van der Waals surface area contributed by atoms with Gasteiger partial charge in [-0.2, -0.15) is 0 Å². The summed E-state index contributed by atoms with van der Waals surface area (Å²) in [6.45, 7) is 5.75.